The van der Waals surface area contributed by atoms with Gasteiger partial charge < -0.3 is 14.6 Å². The van der Waals surface area contributed by atoms with E-state index in [0.717, 1.165) is 11.1 Å². The van der Waals surface area contributed by atoms with Crippen molar-refractivity contribution in [1.29, 1.82) is 0 Å². The van der Waals surface area contributed by atoms with Gasteiger partial charge in [-0.3, -0.25) is 9.59 Å². The number of nitrogens with one attached hydrogen (secondary N) is 1. The van der Waals surface area contributed by atoms with E-state index in [4.69, 9.17) is 4.42 Å². The Morgan fingerprint density at radius 3 is 2.39 bits per heavy atom. The molecule has 6 nitrogen and oxygen atoms in total. The fourth-order valence-corrected chi connectivity index (χ4v) is 4.21. The first-order valence-electron chi connectivity index (χ1n) is 11.2. The molecule has 2 heterocycles. The Hall–Kier alpha value is -3.48. The van der Waals surface area contributed by atoms with E-state index in [1.807, 2.05) is 42.5 Å². The quantitative estimate of drug-likeness (QED) is 0.587. The van der Waals surface area contributed by atoms with Gasteiger partial charge in [-0.05, 0) is 22.6 Å². The van der Waals surface area contributed by atoms with Crippen LogP contribution in [0.1, 0.15) is 54.7 Å². The van der Waals surface area contributed by atoms with Gasteiger partial charge in [0.1, 0.15) is 18.0 Å². The Morgan fingerprint density at radius 2 is 1.76 bits per heavy atom. The van der Waals surface area contributed by atoms with Crippen molar-refractivity contribution in [2.45, 2.75) is 50.9 Å². The van der Waals surface area contributed by atoms with Crippen molar-refractivity contribution in [2.24, 2.45) is 0 Å². The third kappa shape index (κ3) is 5.30. The minimum absolute atomic E-state index is 0.0260. The number of halogens is 1. The Morgan fingerprint density at radius 1 is 1.09 bits per heavy atom. The summed E-state index contributed by atoms with van der Waals surface area (Å²) >= 11 is 0. The summed E-state index contributed by atoms with van der Waals surface area (Å²) < 4.78 is 19.5. The molecule has 2 aromatic carbocycles. The first-order valence-corrected chi connectivity index (χ1v) is 11.2. The molecular formula is C26H28FN3O3. The summed E-state index contributed by atoms with van der Waals surface area (Å²) in [4.78, 5) is 31.2. The summed E-state index contributed by atoms with van der Waals surface area (Å²) in [6.07, 6.45) is 1.35. The second-order valence-corrected chi connectivity index (χ2v) is 8.71. The highest BCUT2D eigenvalue weighted by Crippen LogP contribution is 2.27. The lowest BCUT2D eigenvalue weighted by atomic mass is 9.95. The molecule has 1 aliphatic heterocycles. The molecule has 1 fully saturated rings. The fraction of sp³-hybridized carbons (Fsp3) is 0.346. The molecule has 0 radical (unpaired) electrons. The van der Waals surface area contributed by atoms with Crippen molar-refractivity contribution in [3.8, 4) is 0 Å². The van der Waals surface area contributed by atoms with E-state index in [9.17, 15) is 14.0 Å². The number of carbonyl (C=O) groups is 2. The second kappa shape index (κ2) is 9.98. The van der Waals surface area contributed by atoms with E-state index in [1.165, 1.54) is 23.1 Å². The normalized spacial score (nSPS) is 19.0. The summed E-state index contributed by atoms with van der Waals surface area (Å²) in [7, 11) is 0. The van der Waals surface area contributed by atoms with Crippen LogP contribution in [0.4, 0.5) is 4.39 Å². The van der Waals surface area contributed by atoms with Crippen molar-refractivity contribution < 1.29 is 18.4 Å². The number of rotatable bonds is 7. The topological polar surface area (TPSA) is 75.4 Å². The van der Waals surface area contributed by atoms with E-state index >= 15 is 0 Å². The van der Waals surface area contributed by atoms with Gasteiger partial charge >= 0.3 is 0 Å². The summed E-state index contributed by atoms with van der Waals surface area (Å²) in [5.41, 5.74) is 3.04. The standard InChI is InChI=1S/C26H28FN3O3/c1-17(2)18-8-10-20(11-9-18)25(19-6-4-3-5-7-19)29-26(32)23-12-21(27)15-30(23)24(31)13-22-14-28-16-33-22/h3-11,14,16-17,21,23,25H,12-13,15H2,1-2H3,(H,29,32). The van der Waals surface area contributed by atoms with Crippen LogP contribution in [-0.2, 0) is 16.0 Å². The smallest absolute Gasteiger partial charge is 0.243 e. The lowest BCUT2D eigenvalue weighted by molar-refractivity contribution is -0.138. The van der Waals surface area contributed by atoms with Gasteiger partial charge in [0.2, 0.25) is 11.8 Å². The van der Waals surface area contributed by atoms with E-state index in [1.54, 1.807) is 0 Å². The molecule has 33 heavy (non-hydrogen) atoms. The monoisotopic (exact) mass is 449 g/mol. The average Bonchev–Trinajstić information content (AvgIpc) is 3.47. The van der Waals surface area contributed by atoms with E-state index in [-0.39, 0.29) is 31.2 Å². The summed E-state index contributed by atoms with van der Waals surface area (Å²) in [6, 6.07) is 16.5. The molecule has 3 aromatic rings. The van der Waals surface area contributed by atoms with Crippen molar-refractivity contribution >= 4 is 11.8 Å². The molecule has 7 heteroatoms. The number of hydrogen-bond donors (Lipinski definition) is 1. The van der Waals surface area contributed by atoms with Gasteiger partial charge in [0.05, 0.1) is 25.2 Å². The van der Waals surface area contributed by atoms with Crippen LogP contribution in [0.25, 0.3) is 0 Å². The lowest BCUT2D eigenvalue weighted by Crippen LogP contribution is -2.47. The van der Waals surface area contributed by atoms with Gasteiger partial charge in [-0.15, -0.1) is 0 Å². The van der Waals surface area contributed by atoms with Crippen LogP contribution in [0, 0.1) is 0 Å². The number of alkyl halides is 1. The van der Waals surface area contributed by atoms with Gasteiger partial charge in [0, 0.05) is 6.42 Å². The zero-order valence-corrected chi connectivity index (χ0v) is 18.8. The number of benzene rings is 2. The molecule has 3 unspecified atom stereocenters. The predicted molar refractivity (Wildman–Crippen MR) is 122 cm³/mol. The molecule has 0 spiro atoms. The molecule has 1 aliphatic rings. The molecule has 3 atom stereocenters. The van der Waals surface area contributed by atoms with Gasteiger partial charge in [-0.1, -0.05) is 68.4 Å². The van der Waals surface area contributed by atoms with Crippen molar-refractivity contribution in [3.63, 3.8) is 0 Å². The predicted octanol–water partition coefficient (Wildman–Crippen LogP) is 4.19. The van der Waals surface area contributed by atoms with E-state index in [0.29, 0.717) is 11.7 Å². The van der Waals surface area contributed by atoms with Gasteiger partial charge in [0.15, 0.2) is 6.39 Å². The van der Waals surface area contributed by atoms with Crippen molar-refractivity contribution in [3.05, 3.63) is 89.6 Å². The molecule has 1 aromatic heterocycles. The van der Waals surface area contributed by atoms with Crippen LogP contribution in [0.5, 0.6) is 0 Å². The Balaban J connectivity index is 1.56. The highest BCUT2D eigenvalue weighted by molar-refractivity contribution is 5.89. The van der Waals surface area contributed by atoms with Gasteiger partial charge in [0.25, 0.3) is 0 Å². The van der Waals surface area contributed by atoms with Crippen molar-refractivity contribution in [2.75, 3.05) is 6.54 Å². The van der Waals surface area contributed by atoms with Crippen LogP contribution in [0.15, 0.2) is 71.6 Å². The van der Waals surface area contributed by atoms with Gasteiger partial charge in [-0.2, -0.15) is 0 Å². The largest absolute Gasteiger partial charge is 0.448 e. The highest BCUT2D eigenvalue weighted by atomic mass is 19.1. The molecule has 0 aliphatic carbocycles. The molecule has 2 amide bonds. The number of carbonyl (C=O) groups excluding carboxylic acids is 2. The minimum atomic E-state index is -1.25. The Kier molecular flexibility index (Phi) is 6.87. The summed E-state index contributed by atoms with van der Waals surface area (Å²) in [5.74, 6) is 0.0500. The molecular weight excluding hydrogens is 421 g/mol. The minimum Gasteiger partial charge on any atom is -0.448 e. The Labute approximate surface area is 192 Å². The molecule has 172 valence electrons. The molecule has 4 rings (SSSR count). The van der Waals surface area contributed by atoms with Gasteiger partial charge in [-0.25, -0.2) is 9.37 Å². The van der Waals surface area contributed by atoms with E-state index < -0.39 is 18.3 Å². The lowest BCUT2D eigenvalue weighted by Gasteiger charge is -2.27. The first kappa shape index (κ1) is 22.7. The second-order valence-electron chi connectivity index (χ2n) is 8.71. The number of hydrogen-bond acceptors (Lipinski definition) is 4. The number of nitrogens with zero attached hydrogens (tertiary/aromatic N) is 2. The zero-order valence-electron chi connectivity index (χ0n) is 18.8. The fourth-order valence-electron chi connectivity index (χ4n) is 4.21. The Bertz CT molecular complexity index is 1070. The van der Waals surface area contributed by atoms with E-state index in [2.05, 4.69) is 36.3 Å². The number of aromatic nitrogens is 1. The summed E-state index contributed by atoms with van der Waals surface area (Å²) in [5, 5.41) is 3.07. The van der Waals surface area contributed by atoms with Crippen LogP contribution < -0.4 is 5.32 Å². The SMILES string of the molecule is CC(C)c1ccc(C(NC(=O)C2CC(F)CN2C(=O)Cc2cnco2)c2ccccc2)cc1. The molecule has 0 saturated carbocycles. The number of likely N-dealkylation sites (tertiary alicyclic amines) is 1. The number of amides is 2. The first-order chi connectivity index (χ1) is 15.9. The zero-order chi connectivity index (χ0) is 23.4. The molecule has 0 bridgehead atoms. The van der Waals surface area contributed by atoms with Crippen molar-refractivity contribution in [1.82, 2.24) is 15.2 Å². The van der Waals surface area contributed by atoms with Crippen LogP contribution in [0.3, 0.4) is 0 Å². The maximum atomic E-state index is 14.3. The summed E-state index contributed by atoms with van der Waals surface area (Å²) in [6.45, 7) is 4.15. The highest BCUT2D eigenvalue weighted by Gasteiger charge is 2.40. The average molecular weight is 450 g/mol. The molecule has 1 N–H and O–H groups in total. The third-order valence-electron chi connectivity index (χ3n) is 6.04. The maximum absolute atomic E-state index is 14.3. The van der Waals surface area contributed by atoms with Crippen LogP contribution in [-0.4, -0.2) is 40.5 Å². The maximum Gasteiger partial charge on any atom is 0.243 e. The molecule has 1 saturated heterocycles. The third-order valence-corrected chi connectivity index (χ3v) is 6.04. The van der Waals surface area contributed by atoms with Crippen LogP contribution >= 0.6 is 0 Å². The number of oxazole rings is 1. The van der Waals surface area contributed by atoms with Crippen LogP contribution in [0.2, 0.25) is 0 Å².